The minimum absolute atomic E-state index is 0.198. The van der Waals surface area contributed by atoms with Gasteiger partial charge in [-0.1, -0.05) is 12.8 Å². The van der Waals surface area contributed by atoms with Gasteiger partial charge in [0.05, 0.1) is 6.10 Å². The van der Waals surface area contributed by atoms with E-state index in [0.717, 1.165) is 18.4 Å². The van der Waals surface area contributed by atoms with E-state index in [9.17, 15) is 5.11 Å². The Labute approximate surface area is 87.1 Å². The minimum atomic E-state index is -0.198. The zero-order chi connectivity index (χ0) is 9.97. The summed E-state index contributed by atoms with van der Waals surface area (Å²) in [6.07, 6.45) is 8.28. The molecule has 0 aromatic carbocycles. The lowest BCUT2D eigenvalue weighted by molar-refractivity contribution is 0.173. The molecule has 0 spiro atoms. The molecule has 3 unspecified atom stereocenters. The quantitative estimate of drug-likeness (QED) is 0.721. The van der Waals surface area contributed by atoms with E-state index in [-0.39, 0.29) is 6.10 Å². The molecule has 2 nitrogen and oxygen atoms in total. The molecule has 0 saturated heterocycles. The summed E-state index contributed by atoms with van der Waals surface area (Å²) in [6.45, 7) is 2.62. The average molecular weight is 197 g/mol. The van der Waals surface area contributed by atoms with Gasteiger partial charge in [-0.25, -0.2) is 0 Å². The van der Waals surface area contributed by atoms with E-state index in [1.807, 2.05) is 6.92 Å². The third-order valence-corrected chi connectivity index (χ3v) is 3.71. The summed E-state index contributed by atoms with van der Waals surface area (Å²) < 4.78 is 0. The minimum Gasteiger partial charge on any atom is -0.392 e. The fourth-order valence-electron chi connectivity index (χ4n) is 2.75. The van der Waals surface area contributed by atoms with Crippen molar-refractivity contribution in [2.24, 2.45) is 11.8 Å². The molecule has 0 bridgehead atoms. The number of hydrogen-bond donors (Lipinski definition) is 2. The Kier molecular flexibility index (Phi) is 3.45. The van der Waals surface area contributed by atoms with Crippen LogP contribution in [0.25, 0.3) is 0 Å². The molecule has 2 N–H and O–H groups in total. The molecule has 2 aliphatic carbocycles. The van der Waals surface area contributed by atoms with Crippen molar-refractivity contribution in [2.75, 3.05) is 6.54 Å². The summed E-state index contributed by atoms with van der Waals surface area (Å²) in [6, 6.07) is 0.684. The van der Waals surface area contributed by atoms with Crippen molar-refractivity contribution >= 4 is 0 Å². The number of aliphatic hydroxyl groups excluding tert-OH is 1. The number of hydrogen-bond acceptors (Lipinski definition) is 2. The molecule has 2 rings (SSSR count). The molecule has 0 heterocycles. The van der Waals surface area contributed by atoms with E-state index >= 15 is 0 Å². The molecule has 0 radical (unpaired) electrons. The normalized spacial score (nSPS) is 35.6. The van der Waals surface area contributed by atoms with Crippen LogP contribution >= 0.6 is 0 Å². The van der Waals surface area contributed by atoms with Crippen LogP contribution in [0.2, 0.25) is 0 Å². The van der Waals surface area contributed by atoms with Gasteiger partial charge in [0.2, 0.25) is 0 Å². The van der Waals surface area contributed by atoms with Crippen LogP contribution in [0.4, 0.5) is 0 Å². The van der Waals surface area contributed by atoms with Gasteiger partial charge < -0.3 is 10.4 Å². The van der Waals surface area contributed by atoms with Gasteiger partial charge in [-0.3, -0.25) is 0 Å². The van der Waals surface area contributed by atoms with Gasteiger partial charge in [-0.05, 0) is 44.4 Å². The summed E-state index contributed by atoms with van der Waals surface area (Å²) >= 11 is 0. The fourth-order valence-corrected chi connectivity index (χ4v) is 2.75. The van der Waals surface area contributed by atoms with E-state index in [4.69, 9.17) is 0 Å². The van der Waals surface area contributed by atoms with E-state index < -0.39 is 0 Å². The molecule has 3 atom stereocenters. The number of aliphatic hydroxyl groups is 1. The first kappa shape index (κ1) is 10.4. The van der Waals surface area contributed by atoms with E-state index in [0.29, 0.717) is 6.04 Å². The van der Waals surface area contributed by atoms with Crippen LogP contribution < -0.4 is 5.32 Å². The lowest BCUT2D eigenvalue weighted by Gasteiger charge is -2.30. The van der Waals surface area contributed by atoms with Crippen molar-refractivity contribution < 1.29 is 5.11 Å². The maximum absolute atomic E-state index is 9.21. The highest BCUT2D eigenvalue weighted by Crippen LogP contribution is 2.43. The van der Waals surface area contributed by atoms with Gasteiger partial charge in [-0.15, -0.1) is 0 Å². The van der Waals surface area contributed by atoms with Gasteiger partial charge in [-0.2, -0.15) is 0 Å². The van der Waals surface area contributed by atoms with Gasteiger partial charge >= 0.3 is 0 Å². The molecule has 0 amide bonds. The first-order valence-electron chi connectivity index (χ1n) is 6.17. The number of nitrogens with one attached hydrogen (secondary N) is 1. The lowest BCUT2D eigenvalue weighted by Crippen LogP contribution is -2.38. The van der Waals surface area contributed by atoms with E-state index in [1.165, 1.54) is 38.5 Å². The van der Waals surface area contributed by atoms with Crippen molar-refractivity contribution in [1.29, 1.82) is 0 Å². The van der Waals surface area contributed by atoms with Crippen LogP contribution in [0.3, 0.4) is 0 Å². The van der Waals surface area contributed by atoms with Crippen LogP contribution in [0, 0.1) is 11.8 Å². The second kappa shape index (κ2) is 4.63. The second-order valence-corrected chi connectivity index (χ2v) is 5.22. The van der Waals surface area contributed by atoms with E-state index in [2.05, 4.69) is 5.32 Å². The van der Waals surface area contributed by atoms with Gasteiger partial charge in [0.15, 0.2) is 0 Å². The second-order valence-electron chi connectivity index (χ2n) is 5.22. The summed E-state index contributed by atoms with van der Waals surface area (Å²) in [4.78, 5) is 0. The molecule has 2 aliphatic rings. The van der Waals surface area contributed by atoms with Crippen LogP contribution in [-0.2, 0) is 0 Å². The molecule has 2 saturated carbocycles. The summed E-state index contributed by atoms with van der Waals surface area (Å²) in [5.41, 5.74) is 0. The first-order chi connectivity index (χ1) is 6.75. The highest BCUT2D eigenvalue weighted by Gasteiger charge is 2.34. The Bertz CT molecular complexity index is 177. The Balaban J connectivity index is 1.70. The molecule has 14 heavy (non-hydrogen) atoms. The van der Waals surface area contributed by atoms with Gasteiger partial charge in [0.25, 0.3) is 0 Å². The Morgan fingerprint density at radius 3 is 2.64 bits per heavy atom. The molecule has 2 heteroatoms. The van der Waals surface area contributed by atoms with Crippen molar-refractivity contribution in [3.8, 4) is 0 Å². The standard InChI is InChI=1S/C12H23NO/c1-9(14)8-13-12-4-2-3-11(7-12)10-5-6-10/h9-14H,2-8H2,1H3. The highest BCUT2D eigenvalue weighted by atomic mass is 16.3. The van der Waals surface area contributed by atoms with Crippen LogP contribution in [-0.4, -0.2) is 23.8 Å². The third kappa shape index (κ3) is 2.96. The van der Waals surface area contributed by atoms with E-state index in [1.54, 1.807) is 0 Å². The topological polar surface area (TPSA) is 32.3 Å². The first-order valence-corrected chi connectivity index (χ1v) is 6.17. The monoisotopic (exact) mass is 197 g/mol. The Morgan fingerprint density at radius 2 is 2.00 bits per heavy atom. The van der Waals surface area contributed by atoms with Crippen LogP contribution in [0.5, 0.6) is 0 Å². The maximum Gasteiger partial charge on any atom is 0.0636 e. The maximum atomic E-state index is 9.21. The molecular formula is C12H23NO. The van der Waals surface area contributed by atoms with Gasteiger partial charge in [0.1, 0.15) is 0 Å². The Morgan fingerprint density at radius 1 is 1.21 bits per heavy atom. The third-order valence-electron chi connectivity index (χ3n) is 3.71. The SMILES string of the molecule is CC(O)CNC1CCCC(C2CC2)C1. The highest BCUT2D eigenvalue weighted by molar-refractivity contribution is 4.87. The predicted octanol–water partition coefficient (Wildman–Crippen LogP) is 1.93. The van der Waals surface area contributed by atoms with Crippen molar-refractivity contribution in [1.82, 2.24) is 5.32 Å². The summed E-state index contributed by atoms with van der Waals surface area (Å²) in [5, 5.41) is 12.7. The van der Waals surface area contributed by atoms with Crippen molar-refractivity contribution in [2.45, 2.75) is 57.6 Å². The molecule has 0 aromatic rings. The zero-order valence-corrected chi connectivity index (χ0v) is 9.21. The fraction of sp³-hybridized carbons (Fsp3) is 1.00. The summed E-state index contributed by atoms with van der Waals surface area (Å²) in [7, 11) is 0. The van der Waals surface area contributed by atoms with Crippen molar-refractivity contribution in [3.63, 3.8) is 0 Å². The van der Waals surface area contributed by atoms with Crippen LogP contribution in [0.15, 0.2) is 0 Å². The molecular weight excluding hydrogens is 174 g/mol. The predicted molar refractivity (Wildman–Crippen MR) is 58.2 cm³/mol. The van der Waals surface area contributed by atoms with Crippen molar-refractivity contribution in [3.05, 3.63) is 0 Å². The van der Waals surface area contributed by atoms with Crippen LogP contribution in [0.1, 0.15) is 45.4 Å². The summed E-state index contributed by atoms with van der Waals surface area (Å²) in [5.74, 6) is 2.06. The molecule has 2 fully saturated rings. The molecule has 0 aromatic heterocycles. The smallest absolute Gasteiger partial charge is 0.0636 e. The molecule has 82 valence electrons. The number of rotatable bonds is 4. The van der Waals surface area contributed by atoms with Gasteiger partial charge in [0, 0.05) is 12.6 Å². The zero-order valence-electron chi connectivity index (χ0n) is 9.21. The lowest BCUT2D eigenvalue weighted by atomic mass is 9.82. The largest absolute Gasteiger partial charge is 0.392 e. The Hall–Kier alpha value is -0.0800. The molecule has 0 aliphatic heterocycles. The average Bonchev–Trinajstić information content (AvgIpc) is 2.98.